The second kappa shape index (κ2) is 10.7. The van der Waals surface area contributed by atoms with E-state index in [-0.39, 0.29) is 6.61 Å². The Morgan fingerprint density at radius 1 is 0.897 bits per heavy atom. The van der Waals surface area contributed by atoms with Gasteiger partial charge < -0.3 is 29.9 Å². The van der Waals surface area contributed by atoms with Gasteiger partial charge in [0.1, 0.15) is 24.4 Å². The molecule has 2 aromatic heterocycles. The maximum absolute atomic E-state index is 10.1. The first-order valence-electron chi connectivity index (χ1n) is 9.52. The van der Waals surface area contributed by atoms with Gasteiger partial charge >= 0.3 is 0 Å². The Hall–Kier alpha value is -1.98. The van der Waals surface area contributed by atoms with E-state index in [1.54, 1.807) is 12.4 Å². The fourth-order valence-corrected chi connectivity index (χ4v) is 3.16. The molecule has 0 aliphatic carbocycles. The summed E-state index contributed by atoms with van der Waals surface area (Å²) in [6.07, 6.45) is -2.93. The predicted octanol–water partition coefficient (Wildman–Crippen LogP) is -0.705. The van der Waals surface area contributed by atoms with Crippen LogP contribution >= 0.6 is 0 Å². The van der Waals surface area contributed by atoms with Gasteiger partial charge in [-0.2, -0.15) is 0 Å². The first-order chi connectivity index (χ1) is 14.1. The first-order valence-corrected chi connectivity index (χ1v) is 9.52. The van der Waals surface area contributed by atoms with Crippen LogP contribution in [0.25, 0.3) is 0 Å². The summed E-state index contributed by atoms with van der Waals surface area (Å²) in [6, 6.07) is 11.4. The number of aliphatic hydroxyl groups excluding tert-OH is 4. The van der Waals surface area contributed by atoms with Crippen LogP contribution in [0.2, 0.25) is 0 Å². The Morgan fingerprint density at radius 2 is 1.52 bits per heavy atom. The Labute approximate surface area is 169 Å². The van der Waals surface area contributed by atoms with Gasteiger partial charge in [0, 0.05) is 32.0 Å². The Morgan fingerprint density at radius 3 is 2.03 bits per heavy atom. The van der Waals surface area contributed by atoms with Crippen molar-refractivity contribution in [3.63, 3.8) is 0 Å². The van der Waals surface area contributed by atoms with E-state index < -0.39 is 37.3 Å². The number of aromatic nitrogens is 2. The third-order valence-electron chi connectivity index (χ3n) is 4.76. The van der Waals surface area contributed by atoms with Crippen molar-refractivity contribution in [2.45, 2.75) is 43.8 Å². The third kappa shape index (κ3) is 6.00. The molecule has 4 N–H and O–H groups in total. The molecular weight excluding hydrogens is 378 g/mol. The molecule has 0 radical (unpaired) electrons. The summed E-state index contributed by atoms with van der Waals surface area (Å²) in [6.45, 7) is 1.35. The average Bonchev–Trinajstić information content (AvgIpc) is 2.75. The van der Waals surface area contributed by atoms with Gasteiger partial charge in [0.05, 0.1) is 24.6 Å². The number of hydrogen-bond donors (Lipinski definition) is 4. The summed E-state index contributed by atoms with van der Waals surface area (Å²) in [5.74, 6) is 0. The molecule has 0 spiro atoms. The molecule has 1 fully saturated rings. The molecule has 2 aromatic rings. The second-order valence-electron chi connectivity index (χ2n) is 6.92. The fraction of sp³-hybridized carbons (Fsp3) is 0.500. The lowest BCUT2D eigenvalue weighted by atomic mass is 9.99. The van der Waals surface area contributed by atoms with Gasteiger partial charge in [0.2, 0.25) is 0 Å². The normalized spacial score (nSPS) is 27.3. The molecule has 5 atom stereocenters. The number of aliphatic hydroxyl groups is 4. The quantitative estimate of drug-likeness (QED) is 0.428. The highest BCUT2D eigenvalue weighted by Gasteiger charge is 2.43. The minimum absolute atomic E-state index is 0.197. The summed E-state index contributed by atoms with van der Waals surface area (Å²) in [4.78, 5) is 10.8. The van der Waals surface area contributed by atoms with Gasteiger partial charge in [0.25, 0.3) is 0 Å². The molecule has 0 saturated carbocycles. The number of ether oxygens (including phenoxy) is 2. The third-order valence-corrected chi connectivity index (χ3v) is 4.76. The number of hydrogen-bond acceptors (Lipinski definition) is 9. The molecule has 1 aliphatic rings. The Bertz CT molecular complexity index is 679. The number of rotatable bonds is 9. The van der Waals surface area contributed by atoms with E-state index >= 15 is 0 Å². The summed E-state index contributed by atoms with van der Waals surface area (Å²) in [7, 11) is 0. The van der Waals surface area contributed by atoms with Crippen LogP contribution in [0.4, 0.5) is 0 Å². The standard InChI is InChI=1S/C20H27N3O6/c24-13-16-17(25)18(26)19(27)20(29-16)28-10-9-23(11-14-5-1-3-7-21-14)12-15-6-2-4-8-22-15/h1-8,16-20,24-27H,9-13H2/t16-,17-,18+,19-,20-/m1/s1. The van der Waals surface area contributed by atoms with Crippen LogP contribution < -0.4 is 0 Å². The zero-order valence-corrected chi connectivity index (χ0v) is 16.0. The maximum Gasteiger partial charge on any atom is 0.186 e. The SMILES string of the molecule is OC[C@H]1O[C@@H](OCCN(Cc2ccccn2)Cc2ccccn2)[C@H](O)[C@@H](O)[C@@H]1O. The number of pyridine rings is 2. The zero-order chi connectivity index (χ0) is 20.6. The van der Waals surface area contributed by atoms with E-state index in [0.29, 0.717) is 19.6 Å². The summed E-state index contributed by atoms with van der Waals surface area (Å²) < 4.78 is 11.0. The van der Waals surface area contributed by atoms with Gasteiger partial charge in [-0.25, -0.2) is 0 Å². The fourth-order valence-electron chi connectivity index (χ4n) is 3.16. The minimum atomic E-state index is -1.45. The number of nitrogens with zero attached hydrogens (tertiary/aromatic N) is 3. The van der Waals surface area contributed by atoms with Gasteiger partial charge in [-0.15, -0.1) is 0 Å². The van der Waals surface area contributed by atoms with Crippen LogP contribution in [0, 0.1) is 0 Å². The van der Waals surface area contributed by atoms with Crippen LogP contribution in [-0.2, 0) is 22.6 Å². The van der Waals surface area contributed by atoms with E-state index in [1.165, 1.54) is 0 Å². The molecule has 0 aromatic carbocycles. The molecular formula is C20H27N3O6. The van der Waals surface area contributed by atoms with Crippen LogP contribution in [0.15, 0.2) is 48.8 Å². The smallest absolute Gasteiger partial charge is 0.186 e. The van der Waals surface area contributed by atoms with E-state index in [1.807, 2.05) is 36.4 Å². The van der Waals surface area contributed by atoms with Crippen LogP contribution in [0.1, 0.15) is 11.4 Å². The first kappa shape index (κ1) is 21.7. The van der Waals surface area contributed by atoms with Crippen molar-refractivity contribution in [2.75, 3.05) is 19.8 Å². The molecule has 0 unspecified atom stereocenters. The van der Waals surface area contributed by atoms with Crippen molar-refractivity contribution < 1.29 is 29.9 Å². The molecule has 0 bridgehead atoms. The molecule has 9 nitrogen and oxygen atoms in total. The average molecular weight is 405 g/mol. The largest absolute Gasteiger partial charge is 0.394 e. The molecule has 0 amide bonds. The van der Waals surface area contributed by atoms with Crippen LogP contribution in [-0.4, -0.2) is 85.8 Å². The van der Waals surface area contributed by atoms with Gasteiger partial charge in [-0.1, -0.05) is 12.1 Å². The molecule has 158 valence electrons. The Balaban J connectivity index is 1.59. The lowest BCUT2D eigenvalue weighted by Crippen LogP contribution is -2.59. The minimum Gasteiger partial charge on any atom is -0.394 e. The predicted molar refractivity (Wildman–Crippen MR) is 102 cm³/mol. The monoisotopic (exact) mass is 405 g/mol. The van der Waals surface area contributed by atoms with Crippen molar-refractivity contribution in [2.24, 2.45) is 0 Å². The van der Waals surface area contributed by atoms with Gasteiger partial charge in [-0.3, -0.25) is 14.9 Å². The van der Waals surface area contributed by atoms with Crippen molar-refractivity contribution in [1.29, 1.82) is 0 Å². The van der Waals surface area contributed by atoms with Crippen LogP contribution in [0.3, 0.4) is 0 Å². The van der Waals surface area contributed by atoms with Crippen molar-refractivity contribution in [3.05, 3.63) is 60.2 Å². The summed E-state index contributed by atoms with van der Waals surface area (Å²) >= 11 is 0. The highest BCUT2D eigenvalue weighted by Crippen LogP contribution is 2.22. The molecule has 1 aliphatic heterocycles. The summed E-state index contributed by atoms with van der Waals surface area (Å²) in [5, 5.41) is 39.1. The van der Waals surface area contributed by atoms with Crippen molar-refractivity contribution in [3.8, 4) is 0 Å². The Kier molecular flexibility index (Phi) is 8.01. The molecule has 9 heteroatoms. The van der Waals surface area contributed by atoms with Gasteiger partial charge in [-0.05, 0) is 24.3 Å². The highest BCUT2D eigenvalue weighted by atomic mass is 16.7. The molecule has 1 saturated heterocycles. The summed E-state index contributed by atoms with van der Waals surface area (Å²) in [5.41, 5.74) is 1.80. The highest BCUT2D eigenvalue weighted by molar-refractivity contribution is 5.06. The maximum atomic E-state index is 10.1. The van der Waals surface area contributed by atoms with E-state index in [2.05, 4.69) is 14.9 Å². The van der Waals surface area contributed by atoms with Crippen molar-refractivity contribution >= 4 is 0 Å². The molecule has 29 heavy (non-hydrogen) atoms. The van der Waals surface area contributed by atoms with Crippen molar-refractivity contribution in [1.82, 2.24) is 14.9 Å². The zero-order valence-electron chi connectivity index (χ0n) is 16.0. The van der Waals surface area contributed by atoms with Crippen LogP contribution in [0.5, 0.6) is 0 Å². The molecule has 3 rings (SSSR count). The lowest BCUT2D eigenvalue weighted by molar-refractivity contribution is -0.301. The lowest BCUT2D eigenvalue weighted by Gasteiger charge is -2.39. The van der Waals surface area contributed by atoms with E-state index in [0.717, 1.165) is 11.4 Å². The second-order valence-corrected chi connectivity index (χ2v) is 6.92. The molecule has 3 heterocycles. The van der Waals surface area contributed by atoms with E-state index in [9.17, 15) is 20.4 Å². The van der Waals surface area contributed by atoms with Gasteiger partial charge in [0.15, 0.2) is 6.29 Å². The van der Waals surface area contributed by atoms with E-state index in [4.69, 9.17) is 9.47 Å². The topological polar surface area (TPSA) is 128 Å².